The largest absolute Gasteiger partial charge is 0.378 e. The molecule has 1 saturated heterocycles. The Hall–Kier alpha value is -1.35. The number of halogens is 1. The number of carbonyl (C=O) groups excluding carboxylic acids is 1. The second kappa shape index (κ2) is 6.82. The number of nitrogens with zero attached hydrogens (tertiary/aromatic N) is 3. The van der Waals surface area contributed by atoms with Crippen LogP contribution in [0.15, 0.2) is 33.4 Å². The van der Waals surface area contributed by atoms with E-state index in [0.29, 0.717) is 40.4 Å². The van der Waals surface area contributed by atoms with Crippen LogP contribution in [0.4, 0.5) is 0 Å². The fraction of sp³-hybridized carbons (Fsp3) is 0.308. The van der Waals surface area contributed by atoms with Gasteiger partial charge in [0.1, 0.15) is 0 Å². The number of amides is 1. The maximum Gasteiger partial charge on any atom is 0.276 e. The summed E-state index contributed by atoms with van der Waals surface area (Å²) >= 11 is 6.81. The van der Waals surface area contributed by atoms with Crippen molar-refractivity contribution in [3.63, 3.8) is 0 Å². The van der Waals surface area contributed by atoms with Crippen LogP contribution in [-0.4, -0.2) is 50.9 Å². The Morgan fingerprint density at radius 2 is 1.95 bits per heavy atom. The summed E-state index contributed by atoms with van der Waals surface area (Å²) in [7, 11) is -1.50. The zero-order chi connectivity index (χ0) is 15.5. The highest BCUT2D eigenvalue weighted by Crippen LogP contribution is 2.24. The molecule has 0 spiro atoms. The summed E-state index contributed by atoms with van der Waals surface area (Å²) in [5.41, 5.74) is 0.153. The van der Waals surface area contributed by atoms with E-state index in [9.17, 15) is 9.00 Å². The molecule has 0 radical (unpaired) electrons. The third kappa shape index (κ3) is 3.19. The van der Waals surface area contributed by atoms with Crippen molar-refractivity contribution in [2.75, 3.05) is 26.3 Å². The van der Waals surface area contributed by atoms with Gasteiger partial charge in [0.25, 0.3) is 5.91 Å². The van der Waals surface area contributed by atoms with E-state index in [-0.39, 0.29) is 11.6 Å². The quantitative estimate of drug-likeness (QED) is 0.838. The molecule has 0 bridgehead atoms. The summed E-state index contributed by atoms with van der Waals surface area (Å²) in [4.78, 5) is 14.7. The van der Waals surface area contributed by atoms with E-state index in [1.807, 2.05) is 0 Å². The van der Waals surface area contributed by atoms with E-state index < -0.39 is 10.8 Å². The average Bonchev–Trinajstić information content (AvgIpc) is 3.04. The second-order valence-corrected chi connectivity index (χ2v) is 7.40. The molecule has 2 aromatic rings. The second-order valence-electron chi connectivity index (χ2n) is 4.54. The molecule has 22 heavy (non-hydrogen) atoms. The highest BCUT2D eigenvalue weighted by Gasteiger charge is 2.27. The van der Waals surface area contributed by atoms with Gasteiger partial charge in [0.2, 0.25) is 0 Å². The summed E-state index contributed by atoms with van der Waals surface area (Å²) in [6.45, 7) is 2.00. The first-order chi connectivity index (χ1) is 10.7. The molecule has 9 heteroatoms. The van der Waals surface area contributed by atoms with Crippen LogP contribution < -0.4 is 0 Å². The lowest BCUT2D eigenvalue weighted by Crippen LogP contribution is -2.41. The van der Waals surface area contributed by atoms with Crippen LogP contribution in [0.25, 0.3) is 0 Å². The Bertz CT molecular complexity index is 699. The minimum absolute atomic E-state index is 0.153. The van der Waals surface area contributed by atoms with Gasteiger partial charge in [0.15, 0.2) is 9.90 Å². The lowest BCUT2D eigenvalue weighted by atomic mass is 10.3. The van der Waals surface area contributed by atoms with Gasteiger partial charge in [-0.25, -0.2) is 4.21 Å². The van der Waals surface area contributed by atoms with Gasteiger partial charge in [-0.2, -0.15) is 0 Å². The Morgan fingerprint density at radius 1 is 1.27 bits per heavy atom. The van der Waals surface area contributed by atoms with Crippen LogP contribution in [0.1, 0.15) is 10.5 Å². The van der Waals surface area contributed by atoms with E-state index >= 15 is 0 Å². The Morgan fingerprint density at radius 3 is 2.64 bits per heavy atom. The van der Waals surface area contributed by atoms with Crippen molar-refractivity contribution >= 4 is 39.8 Å². The summed E-state index contributed by atoms with van der Waals surface area (Å²) in [5, 5.41) is 4.44. The molecule has 1 aromatic carbocycles. The topological polar surface area (TPSA) is 72.4 Å². The zero-order valence-corrected chi connectivity index (χ0v) is 13.8. The molecular weight excluding hydrogens is 346 g/mol. The molecule has 1 atom stereocenters. The first kappa shape index (κ1) is 15.5. The first-order valence-electron chi connectivity index (χ1n) is 6.53. The molecule has 1 amide bonds. The standard InChI is InChI=1S/C13H12ClN3O3S2/c14-9-1-3-10(4-2-9)22(19)13-11(15-16-21-13)12(18)17-5-7-20-8-6-17/h1-4H,5-8H2/t22-/m1/s1. The number of aromatic nitrogens is 2. The number of ether oxygens (including phenoxy) is 1. The van der Waals surface area contributed by atoms with E-state index in [1.54, 1.807) is 29.2 Å². The Balaban J connectivity index is 1.86. The van der Waals surface area contributed by atoms with Gasteiger partial charge in [-0.3, -0.25) is 4.79 Å². The highest BCUT2D eigenvalue weighted by atomic mass is 35.5. The molecule has 2 heterocycles. The molecule has 6 nitrogen and oxygen atoms in total. The molecule has 1 fully saturated rings. The van der Waals surface area contributed by atoms with Crippen molar-refractivity contribution in [3.8, 4) is 0 Å². The van der Waals surface area contributed by atoms with Crippen LogP contribution in [0.2, 0.25) is 5.02 Å². The van der Waals surface area contributed by atoms with Gasteiger partial charge in [-0.15, -0.1) is 5.10 Å². The van der Waals surface area contributed by atoms with Crippen LogP contribution in [0.3, 0.4) is 0 Å². The third-order valence-corrected chi connectivity index (χ3v) is 5.84. The molecule has 0 unspecified atom stereocenters. The molecule has 1 aliphatic rings. The third-order valence-electron chi connectivity index (χ3n) is 3.15. The van der Waals surface area contributed by atoms with E-state index in [1.165, 1.54) is 0 Å². The van der Waals surface area contributed by atoms with Crippen molar-refractivity contribution in [3.05, 3.63) is 35.0 Å². The SMILES string of the molecule is O=C(c1nnsc1[S@](=O)c1ccc(Cl)cc1)N1CCOCC1. The molecule has 0 aliphatic carbocycles. The van der Waals surface area contributed by atoms with Gasteiger partial charge in [-0.1, -0.05) is 16.1 Å². The normalized spacial score (nSPS) is 16.5. The van der Waals surface area contributed by atoms with Crippen LogP contribution in [0, 0.1) is 0 Å². The van der Waals surface area contributed by atoms with Crippen molar-refractivity contribution in [2.45, 2.75) is 9.10 Å². The minimum atomic E-state index is -1.50. The Labute approximate surface area is 138 Å². The Kier molecular flexibility index (Phi) is 4.82. The maximum absolute atomic E-state index is 12.6. The van der Waals surface area contributed by atoms with Crippen molar-refractivity contribution in [1.29, 1.82) is 0 Å². The monoisotopic (exact) mass is 357 g/mol. The molecular formula is C13H12ClN3O3S2. The number of hydrogen-bond acceptors (Lipinski definition) is 6. The molecule has 0 N–H and O–H groups in total. The van der Waals surface area contributed by atoms with Crippen LogP contribution in [0.5, 0.6) is 0 Å². The van der Waals surface area contributed by atoms with E-state index in [0.717, 1.165) is 11.5 Å². The highest BCUT2D eigenvalue weighted by molar-refractivity contribution is 7.87. The maximum atomic E-state index is 12.6. The number of morpholine rings is 1. The lowest BCUT2D eigenvalue weighted by molar-refractivity contribution is 0.0296. The predicted molar refractivity (Wildman–Crippen MR) is 82.8 cm³/mol. The van der Waals surface area contributed by atoms with Crippen LogP contribution in [-0.2, 0) is 15.5 Å². The first-order valence-corrected chi connectivity index (χ1v) is 8.83. The van der Waals surface area contributed by atoms with E-state index in [2.05, 4.69) is 9.59 Å². The summed E-state index contributed by atoms with van der Waals surface area (Å²) in [6.07, 6.45) is 0. The molecule has 3 rings (SSSR count). The van der Waals surface area contributed by atoms with E-state index in [4.69, 9.17) is 16.3 Å². The molecule has 1 aliphatic heterocycles. The lowest BCUT2D eigenvalue weighted by Gasteiger charge is -2.26. The van der Waals surface area contributed by atoms with Crippen molar-refractivity contribution in [1.82, 2.24) is 14.5 Å². The van der Waals surface area contributed by atoms with Crippen LogP contribution >= 0.6 is 23.1 Å². The fourth-order valence-electron chi connectivity index (χ4n) is 2.02. The predicted octanol–water partition coefficient (Wildman–Crippen LogP) is 1.83. The summed E-state index contributed by atoms with van der Waals surface area (Å²) in [5.74, 6) is -0.255. The summed E-state index contributed by atoms with van der Waals surface area (Å²) < 4.78 is 22.0. The van der Waals surface area contributed by atoms with Crippen molar-refractivity contribution in [2.24, 2.45) is 0 Å². The summed E-state index contributed by atoms with van der Waals surface area (Å²) in [6, 6.07) is 6.65. The average molecular weight is 358 g/mol. The van der Waals surface area contributed by atoms with Gasteiger partial charge < -0.3 is 9.64 Å². The van der Waals surface area contributed by atoms with Gasteiger partial charge in [0, 0.05) is 23.0 Å². The molecule has 0 saturated carbocycles. The minimum Gasteiger partial charge on any atom is -0.378 e. The van der Waals surface area contributed by atoms with Crippen molar-refractivity contribution < 1.29 is 13.7 Å². The van der Waals surface area contributed by atoms with Gasteiger partial charge in [-0.05, 0) is 35.8 Å². The number of rotatable bonds is 3. The fourth-order valence-corrected chi connectivity index (χ4v) is 4.11. The number of carbonyl (C=O) groups is 1. The number of hydrogen-bond donors (Lipinski definition) is 0. The van der Waals surface area contributed by atoms with Gasteiger partial charge >= 0.3 is 0 Å². The number of benzene rings is 1. The van der Waals surface area contributed by atoms with Gasteiger partial charge in [0.05, 0.1) is 24.0 Å². The molecule has 1 aromatic heterocycles. The molecule has 116 valence electrons. The smallest absolute Gasteiger partial charge is 0.276 e. The zero-order valence-electron chi connectivity index (χ0n) is 11.4.